The molecule has 3 heteroatoms. The van der Waals surface area contributed by atoms with Gasteiger partial charge in [0.25, 0.3) is 0 Å². The highest BCUT2D eigenvalue weighted by atomic mass is 16.1. The van der Waals surface area contributed by atoms with Crippen molar-refractivity contribution in [2.45, 2.75) is 6.92 Å². The first-order valence-electron chi connectivity index (χ1n) is 6.36. The maximum atomic E-state index is 11.7. The second-order valence-corrected chi connectivity index (χ2v) is 4.30. The predicted molar refractivity (Wildman–Crippen MR) is 86.9 cm³/mol. The number of benzene rings is 1. The number of amides is 1. The van der Waals surface area contributed by atoms with E-state index in [4.69, 9.17) is 5.73 Å². The standard InChI is InChI=1S/C18H18N2O/c1-4-8-17(15(3)19)20-18(21)12-6-5-10-16-11-7-9-14(2)13-16/h4,6-9,11-13H,1,3,19H2,2H3,(H,20,21)/b12-6+,17-8+. The zero-order valence-corrected chi connectivity index (χ0v) is 12.0. The summed E-state index contributed by atoms with van der Waals surface area (Å²) in [6.07, 6.45) is 5.92. The molecule has 0 radical (unpaired) electrons. The Hall–Kier alpha value is -2.99. The summed E-state index contributed by atoms with van der Waals surface area (Å²) in [5.74, 6) is 5.44. The third-order valence-electron chi connectivity index (χ3n) is 2.44. The highest BCUT2D eigenvalue weighted by Gasteiger charge is 2.00. The van der Waals surface area contributed by atoms with Gasteiger partial charge in [0.2, 0.25) is 5.91 Å². The summed E-state index contributed by atoms with van der Waals surface area (Å²) in [5.41, 5.74) is 8.28. The van der Waals surface area contributed by atoms with Crippen LogP contribution in [0.25, 0.3) is 0 Å². The van der Waals surface area contributed by atoms with E-state index in [0.717, 1.165) is 11.1 Å². The van der Waals surface area contributed by atoms with Crippen molar-refractivity contribution < 1.29 is 4.79 Å². The number of nitrogens with two attached hydrogens (primary N) is 1. The third kappa shape index (κ3) is 6.13. The van der Waals surface area contributed by atoms with Gasteiger partial charge in [-0.15, -0.1) is 0 Å². The van der Waals surface area contributed by atoms with Gasteiger partial charge in [0.15, 0.2) is 0 Å². The fraction of sp³-hybridized carbons (Fsp3) is 0.0556. The molecule has 21 heavy (non-hydrogen) atoms. The third-order valence-corrected chi connectivity index (χ3v) is 2.44. The van der Waals surface area contributed by atoms with Crippen molar-refractivity contribution in [2.24, 2.45) is 5.73 Å². The van der Waals surface area contributed by atoms with Gasteiger partial charge in [0, 0.05) is 17.3 Å². The number of aryl methyl sites for hydroxylation is 1. The number of hydrogen-bond acceptors (Lipinski definition) is 2. The van der Waals surface area contributed by atoms with E-state index < -0.39 is 0 Å². The second-order valence-electron chi connectivity index (χ2n) is 4.30. The van der Waals surface area contributed by atoms with Crippen molar-refractivity contribution in [3.8, 4) is 11.8 Å². The van der Waals surface area contributed by atoms with E-state index in [1.807, 2.05) is 31.2 Å². The van der Waals surface area contributed by atoms with E-state index in [-0.39, 0.29) is 11.6 Å². The molecule has 0 spiro atoms. The normalized spacial score (nSPS) is 10.6. The van der Waals surface area contributed by atoms with Crippen LogP contribution in [0, 0.1) is 18.8 Å². The molecular weight excluding hydrogens is 260 g/mol. The molecule has 0 atom stereocenters. The van der Waals surface area contributed by atoms with Crippen LogP contribution >= 0.6 is 0 Å². The average molecular weight is 278 g/mol. The van der Waals surface area contributed by atoms with Crippen LogP contribution in [-0.2, 0) is 4.79 Å². The zero-order valence-electron chi connectivity index (χ0n) is 12.0. The van der Waals surface area contributed by atoms with Gasteiger partial charge in [-0.3, -0.25) is 4.79 Å². The zero-order chi connectivity index (χ0) is 15.7. The summed E-state index contributed by atoms with van der Waals surface area (Å²) in [6, 6.07) is 7.83. The van der Waals surface area contributed by atoms with E-state index in [9.17, 15) is 4.79 Å². The fourth-order valence-electron chi connectivity index (χ4n) is 1.49. The van der Waals surface area contributed by atoms with Gasteiger partial charge in [0.1, 0.15) is 0 Å². The van der Waals surface area contributed by atoms with Crippen LogP contribution in [-0.4, -0.2) is 5.91 Å². The van der Waals surface area contributed by atoms with E-state index in [1.165, 1.54) is 18.2 Å². The first kappa shape index (κ1) is 16.1. The van der Waals surface area contributed by atoms with Crippen molar-refractivity contribution in [1.29, 1.82) is 0 Å². The molecule has 0 bridgehead atoms. The molecule has 0 aliphatic rings. The molecule has 0 aliphatic carbocycles. The van der Waals surface area contributed by atoms with Crippen LogP contribution in [0.3, 0.4) is 0 Å². The number of carbonyl (C=O) groups excluding carboxylic acids is 1. The molecule has 0 aliphatic heterocycles. The number of nitrogens with one attached hydrogen (secondary N) is 1. The molecule has 1 rings (SSSR count). The van der Waals surface area contributed by atoms with Crippen molar-refractivity contribution in [3.63, 3.8) is 0 Å². The summed E-state index contributed by atoms with van der Waals surface area (Å²) in [4.78, 5) is 11.7. The Labute approximate surface area is 125 Å². The Morgan fingerprint density at radius 2 is 2.19 bits per heavy atom. The van der Waals surface area contributed by atoms with Crippen LogP contribution in [0.1, 0.15) is 11.1 Å². The smallest absolute Gasteiger partial charge is 0.249 e. The van der Waals surface area contributed by atoms with Gasteiger partial charge < -0.3 is 11.1 Å². The minimum absolute atomic E-state index is 0.266. The van der Waals surface area contributed by atoms with Gasteiger partial charge in [-0.1, -0.05) is 43.2 Å². The van der Waals surface area contributed by atoms with Gasteiger partial charge in [0.05, 0.1) is 5.70 Å². The Morgan fingerprint density at radius 1 is 1.43 bits per heavy atom. The predicted octanol–water partition coefficient (Wildman–Crippen LogP) is 2.56. The highest BCUT2D eigenvalue weighted by molar-refractivity contribution is 5.89. The lowest BCUT2D eigenvalue weighted by Gasteiger charge is -2.05. The van der Waals surface area contributed by atoms with Crippen molar-refractivity contribution in [3.05, 3.63) is 84.2 Å². The summed E-state index contributed by atoms with van der Waals surface area (Å²) >= 11 is 0. The van der Waals surface area contributed by atoms with E-state index in [0.29, 0.717) is 5.70 Å². The lowest BCUT2D eigenvalue weighted by Crippen LogP contribution is -2.23. The molecule has 1 aromatic rings. The van der Waals surface area contributed by atoms with Gasteiger partial charge >= 0.3 is 0 Å². The largest absolute Gasteiger partial charge is 0.398 e. The SMILES string of the molecule is C=C/C=C(/NC(=O)/C=C/C#Cc1cccc(C)c1)C(=C)N. The average Bonchev–Trinajstić information content (AvgIpc) is 2.43. The number of rotatable bonds is 4. The Balaban J connectivity index is 2.66. The van der Waals surface area contributed by atoms with Crippen LogP contribution in [0.15, 0.2) is 73.1 Å². The monoisotopic (exact) mass is 278 g/mol. The molecule has 0 saturated heterocycles. The van der Waals surface area contributed by atoms with Crippen molar-refractivity contribution in [1.82, 2.24) is 5.32 Å². The van der Waals surface area contributed by atoms with Crippen molar-refractivity contribution >= 4 is 5.91 Å². The molecule has 0 fully saturated rings. The summed E-state index contributed by atoms with van der Waals surface area (Å²) in [7, 11) is 0. The van der Waals surface area contributed by atoms with Crippen molar-refractivity contribution in [2.75, 3.05) is 0 Å². The first-order chi connectivity index (χ1) is 10.0. The lowest BCUT2D eigenvalue weighted by atomic mass is 10.1. The van der Waals surface area contributed by atoms with Gasteiger partial charge in [-0.05, 0) is 36.8 Å². The molecule has 0 unspecified atom stereocenters. The minimum Gasteiger partial charge on any atom is -0.398 e. The molecule has 3 nitrogen and oxygen atoms in total. The summed E-state index contributed by atoms with van der Waals surface area (Å²) in [6.45, 7) is 9.11. The number of carbonyl (C=O) groups is 1. The van der Waals surface area contributed by atoms with Crippen LogP contribution in [0.5, 0.6) is 0 Å². The van der Waals surface area contributed by atoms with E-state index in [1.54, 1.807) is 6.08 Å². The molecule has 106 valence electrons. The summed E-state index contributed by atoms with van der Waals surface area (Å²) < 4.78 is 0. The summed E-state index contributed by atoms with van der Waals surface area (Å²) in [5, 5.41) is 2.60. The minimum atomic E-state index is -0.326. The molecule has 1 aromatic carbocycles. The van der Waals surface area contributed by atoms with E-state index in [2.05, 4.69) is 30.3 Å². The van der Waals surface area contributed by atoms with E-state index >= 15 is 0 Å². The second kappa shape index (κ2) is 8.23. The molecule has 0 saturated carbocycles. The van der Waals surface area contributed by atoms with Gasteiger partial charge in [-0.25, -0.2) is 0 Å². The quantitative estimate of drug-likeness (QED) is 0.505. The lowest BCUT2D eigenvalue weighted by molar-refractivity contribution is -0.115. The first-order valence-corrected chi connectivity index (χ1v) is 6.36. The van der Waals surface area contributed by atoms with Crippen LogP contribution in [0.4, 0.5) is 0 Å². The molecule has 3 N–H and O–H groups in total. The molecule has 1 amide bonds. The maximum absolute atomic E-state index is 11.7. The fourth-order valence-corrected chi connectivity index (χ4v) is 1.49. The molecule has 0 heterocycles. The topological polar surface area (TPSA) is 55.1 Å². The Kier molecular flexibility index (Phi) is 6.30. The van der Waals surface area contributed by atoms with Crippen LogP contribution in [0.2, 0.25) is 0 Å². The highest BCUT2D eigenvalue weighted by Crippen LogP contribution is 2.01. The Morgan fingerprint density at radius 3 is 2.81 bits per heavy atom. The number of hydrogen-bond donors (Lipinski definition) is 2. The number of allylic oxidation sites excluding steroid dienone is 3. The van der Waals surface area contributed by atoms with Crippen LogP contribution < -0.4 is 11.1 Å². The van der Waals surface area contributed by atoms with Gasteiger partial charge in [-0.2, -0.15) is 0 Å². The molecule has 0 aromatic heterocycles. The molecular formula is C18H18N2O. The maximum Gasteiger partial charge on any atom is 0.249 e. The Bertz CT molecular complexity index is 670.